The van der Waals surface area contributed by atoms with E-state index in [9.17, 15) is 9.00 Å². The van der Waals surface area contributed by atoms with E-state index in [1.54, 1.807) is 12.1 Å². The van der Waals surface area contributed by atoms with Gasteiger partial charge in [-0.15, -0.1) is 0 Å². The molecule has 0 aliphatic rings. The molecular weight excluding hydrogens is 372 g/mol. The standard InChI is InChI=1S/C22H24N2O3S/c1-2-24(18-9-5-3-6-10-18)16-15-23-22(25)21-14-13-19(27-21)17-28(26)20-11-7-4-8-12-20/h3-14H,2,15-17H2,1H3,(H,23,25)/t28-/m0/s1. The molecule has 1 amide bonds. The highest BCUT2D eigenvalue weighted by molar-refractivity contribution is 7.84. The summed E-state index contributed by atoms with van der Waals surface area (Å²) in [6.45, 7) is 4.15. The minimum atomic E-state index is -1.20. The van der Waals surface area contributed by atoms with E-state index in [0.717, 1.165) is 17.1 Å². The average molecular weight is 397 g/mol. The van der Waals surface area contributed by atoms with Crippen LogP contribution in [-0.2, 0) is 16.6 Å². The smallest absolute Gasteiger partial charge is 0.287 e. The van der Waals surface area contributed by atoms with Crippen molar-refractivity contribution in [2.24, 2.45) is 0 Å². The van der Waals surface area contributed by atoms with Crippen molar-refractivity contribution in [3.05, 3.63) is 84.3 Å². The molecule has 28 heavy (non-hydrogen) atoms. The van der Waals surface area contributed by atoms with Gasteiger partial charge in [-0.25, -0.2) is 0 Å². The second kappa shape index (κ2) is 9.90. The lowest BCUT2D eigenvalue weighted by Gasteiger charge is -2.23. The van der Waals surface area contributed by atoms with Gasteiger partial charge in [0.05, 0.1) is 16.6 Å². The largest absolute Gasteiger partial charge is 0.455 e. The molecule has 0 radical (unpaired) electrons. The quantitative estimate of drug-likeness (QED) is 0.597. The fourth-order valence-corrected chi connectivity index (χ4v) is 3.90. The Morgan fingerprint density at radius 3 is 2.36 bits per heavy atom. The molecule has 0 fully saturated rings. The molecule has 0 aliphatic heterocycles. The maximum atomic E-state index is 12.4. The number of benzene rings is 2. The van der Waals surface area contributed by atoms with E-state index in [-0.39, 0.29) is 17.4 Å². The normalized spacial score (nSPS) is 11.8. The Labute approximate surface area is 167 Å². The van der Waals surface area contributed by atoms with Crippen LogP contribution < -0.4 is 10.2 Å². The molecule has 1 N–H and O–H groups in total. The molecule has 5 nitrogen and oxygen atoms in total. The molecular formula is C22H24N2O3S. The molecule has 6 heteroatoms. The number of hydrogen-bond donors (Lipinski definition) is 1. The van der Waals surface area contributed by atoms with Crippen LogP contribution in [0.4, 0.5) is 5.69 Å². The van der Waals surface area contributed by atoms with Gasteiger partial charge in [0.2, 0.25) is 0 Å². The van der Waals surface area contributed by atoms with Gasteiger partial charge in [-0.1, -0.05) is 36.4 Å². The van der Waals surface area contributed by atoms with Gasteiger partial charge in [0, 0.05) is 30.2 Å². The Bertz CT molecular complexity index is 910. The predicted octanol–water partition coefficient (Wildman–Crippen LogP) is 3.84. The first-order valence-electron chi connectivity index (χ1n) is 9.27. The summed E-state index contributed by atoms with van der Waals surface area (Å²) in [5.41, 5.74) is 1.13. The first-order chi connectivity index (χ1) is 13.7. The average Bonchev–Trinajstić information content (AvgIpc) is 3.21. The third kappa shape index (κ3) is 5.33. The van der Waals surface area contributed by atoms with Crippen LogP contribution in [0.1, 0.15) is 23.2 Å². The summed E-state index contributed by atoms with van der Waals surface area (Å²) < 4.78 is 17.9. The lowest BCUT2D eigenvalue weighted by molar-refractivity contribution is 0.0925. The molecule has 1 atom stereocenters. The fourth-order valence-electron chi connectivity index (χ4n) is 2.86. The third-order valence-corrected chi connectivity index (χ3v) is 5.68. The molecule has 146 valence electrons. The predicted molar refractivity (Wildman–Crippen MR) is 112 cm³/mol. The van der Waals surface area contributed by atoms with E-state index in [2.05, 4.69) is 29.3 Å². The van der Waals surface area contributed by atoms with Crippen LogP contribution >= 0.6 is 0 Å². The van der Waals surface area contributed by atoms with Gasteiger partial charge in [0.15, 0.2) is 5.76 Å². The summed E-state index contributed by atoms with van der Waals surface area (Å²) in [5, 5.41) is 2.88. The van der Waals surface area contributed by atoms with Gasteiger partial charge in [-0.05, 0) is 43.3 Å². The van der Waals surface area contributed by atoms with E-state index in [1.807, 2.05) is 48.5 Å². The van der Waals surface area contributed by atoms with Crippen LogP contribution in [0.15, 0.2) is 82.1 Å². The fraction of sp³-hybridized carbons (Fsp3) is 0.227. The topological polar surface area (TPSA) is 62.6 Å². The number of hydrogen-bond acceptors (Lipinski definition) is 4. The van der Waals surface area contributed by atoms with Crippen molar-refractivity contribution in [3.8, 4) is 0 Å². The Morgan fingerprint density at radius 1 is 1.00 bits per heavy atom. The van der Waals surface area contributed by atoms with Crippen LogP contribution in [0.5, 0.6) is 0 Å². The van der Waals surface area contributed by atoms with Gasteiger partial charge in [0.25, 0.3) is 5.91 Å². The highest BCUT2D eigenvalue weighted by Crippen LogP contribution is 2.15. The molecule has 1 aromatic heterocycles. The van der Waals surface area contributed by atoms with Crippen LogP contribution in [0.25, 0.3) is 0 Å². The summed E-state index contributed by atoms with van der Waals surface area (Å²) in [7, 11) is -1.20. The highest BCUT2D eigenvalue weighted by atomic mass is 32.2. The molecule has 0 aliphatic carbocycles. The van der Waals surface area contributed by atoms with Crippen LogP contribution in [0.2, 0.25) is 0 Å². The van der Waals surface area contributed by atoms with Crippen LogP contribution in [0, 0.1) is 0 Å². The second-order valence-electron chi connectivity index (χ2n) is 6.24. The number of nitrogens with zero attached hydrogens (tertiary/aromatic N) is 1. The van der Waals surface area contributed by atoms with Gasteiger partial charge >= 0.3 is 0 Å². The van der Waals surface area contributed by atoms with E-state index in [0.29, 0.717) is 18.8 Å². The molecule has 1 heterocycles. The van der Waals surface area contributed by atoms with Gasteiger partial charge < -0.3 is 14.6 Å². The Balaban J connectivity index is 1.51. The summed E-state index contributed by atoms with van der Waals surface area (Å²) in [4.78, 5) is 15.3. The minimum Gasteiger partial charge on any atom is -0.455 e. The molecule has 0 saturated heterocycles. The molecule has 0 bridgehead atoms. The summed E-state index contributed by atoms with van der Waals surface area (Å²) in [5.74, 6) is 0.755. The number of carbonyl (C=O) groups excluding carboxylic acids is 1. The summed E-state index contributed by atoms with van der Waals surface area (Å²) in [6, 6.07) is 22.6. The van der Waals surface area contributed by atoms with E-state index in [1.165, 1.54) is 0 Å². The minimum absolute atomic E-state index is 0.239. The number of carbonyl (C=O) groups is 1. The number of nitrogens with one attached hydrogen (secondary N) is 1. The van der Waals surface area contributed by atoms with Crippen molar-refractivity contribution >= 4 is 22.4 Å². The van der Waals surface area contributed by atoms with Crippen LogP contribution in [-0.4, -0.2) is 29.8 Å². The Hall–Kier alpha value is -2.86. The first kappa shape index (κ1) is 19.9. The van der Waals surface area contributed by atoms with Crippen molar-refractivity contribution in [1.82, 2.24) is 5.32 Å². The zero-order valence-corrected chi connectivity index (χ0v) is 16.7. The molecule has 2 aromatic carbocycles. The SMILES string of the molecule is CCN(CCNC(=O)c1ccc(C[S@](=O)c2ccccc2)o1)c1ccccc1. The van der Waals surface area contributed by atoms with Crippen LogP contribution in [0.3, 0.4) is 0 Å². The van der Waals surface area contributed by atoms with Crippen molar-refractivity contribution in [1.29, 1.82) is 0 Å². The maximum absolute atomic E-state index is 12.4. The first-order valence-corrected chi connectivity index (χ1v) is 10.6. The van der Waals surface area contributed by atoms with Crippen molar-refractivity contribution in [2.45, 2.75) is 17.6 Å². The maximum Gasteiger partial charge on any atom is 0.287 e. The summed E-state index contributed by atoms with van der Waals surface area (Å²) in [6.07, 6.45) is 0. The van der Waals surface area contributed by atoms with E-state index in [4.69, 9.17) is 4.42 Å². The van der Waals surface area contributed by atoms with E-state index < -0.39 is 10.8 Å². The molecule has 0 spiro atoms. The molecule has 0 unspecified atom stereocenters. The van der Waals surface area contributed by atoms with Gasteiger partial charge in [0.1, 0.15) is 5.76 Å². The zero-order valence-electron chi connectivity index (χ0n) is 15.8. The number of likely N-dealkylation sites (N-methyl/N-ethyl adjacent to an activating group) is 1. The number of para-hydroxylation sites is 1. The van der Waals surface area contributed by atoms with Gasteiger partial charge in [-0.2, -0.15) is 0 Å². The highest BCUT2D eigenvalue weighted by Gasteiger charge is 2.14. The zero-order chi connectivity index (χ0) is 19.8. The summed E-state index contributed by atoms with van der Waals surface area (Å²) >= 11 is 0. The second-order valence-corrected chi connectivity index (χ2v) is 7.69. The molecule has 3 rings (SSSR count). The van der Waals surface area contributed by atoms with Crippen molar-refractivity contribution in [2.75, 3.05) is 24.5 Å². The van der Waals surface area contributed by atoms with Gasteiger partial charge in [-0.3, -0.25) is 9.00 Å². The third-order valence-electron chi connectivity index (χ3n) is 4.34. The number of rotatable bonds is 9. The molecule has 0 saturated carbocycles. The Kier molecular flexibility index (Phi) is 7.03. The molecule has 3 aromatic rings. The van der Waals surface area contributed by atoms with Crippen molar-refractivity contribution in [3.63, 3.8) is 0 Å². The number of amides is 1. The number of anilines is 1. The monoisotopic (exact) mass is 396 g/mol. The lowest BCUT2D eigenvalue weighted by atomic mass is 10.3. The van der Waals surface area contributed by atoms with E-state index >= 15 is 0 Å². The Morgan fingerprint density at radius 2 is 1.68 bits per heavy atom. The number of furan rings is 1. The lowest BCUT2D eigenvalue weighted by Crippen LogP contribution is -2.34. The van der Waals surface area contributed by atoms with Crippen molar-refractivity contribution < 1.29 is 13.4 Å².